The van der Waals surface area contributed by atoms with Gasteiger partial charge >= 0.3 is 5.97 Å². The van der Waals surface area contributed by atoms with Crippen molar-refractivity contribution in [2.24, 2.45) is 7.05 Å². The van der Waals surface area contributed by atoms with Gasteiger partial charge < -0.3 is 19.6 Å². The molecule has 2 rings (SSSR count). The second kappa shape index (κ2) is 5.09. The van der Waals surface area contributed by atoms with Gasteiger partial charge in [0.2, 0.25) is 0 Å². The highest BCUT2D eigenvalue weighted by Crippen LogP contribution is 2.21. The van der Waals surface area contributed by atoms with E-state index in [0.717, 1.165) is 5.82 Å². The second-order valence-electron chi connectivity index (χ2n) is 4.08. The molecule has 2 aromatic heterocycles. The molecule has 0 radical (unpaired) electrons. The summed E-state index contributed by atoms with van der Waals surface area (Å²) in [5.74, 6) is 0.456. The summed E-state index contributed by atoms with van der Waals surface area (Å²) in [6.45, 7) is 3.91. The number of nitrogen functional groups attached to an aromatic ring is 1. The molecule has 0 fully saturated rings. The molecular weight excluding hydrogens is 248 g/mol. The normalized spacial score (nSPS) is 12.4. The number of aromatic nitrogens is 5. The Balaban J connectivity index is 2.32. The summed E-state index contributed by atoms with van der Waals surface area (Å²) in [6.07, 6.45) is 3.10. The predicted molar refractivity (Wildman–Crippen MR) is 67.4 cm³/mol. The van der Waals surface area contributed by atoms with Crippen molar-refractivity contribution in [3.63, 3.8) is 0 Å². The Morgan fingerprint density at radius 1 is 1.53 bits per heavy atom. The number of carbonyl (C=O) groups is 1. The molecule has 0 aliphatic heterocycles. The molecule has 2 heterocycles. The molecule has 0 bridgehead atoms. The van der Waals surface area contributed by atoms with Gasteiger partial charge in [0.25, 0.3) is 0 Å². The monoisotopic (exact) mass is 264 g/mol. The number of rotatable bonds is 4. The summed E-state index contributed by atoms with van der Waals surface area (Å²) in [5, 5.41) is 7.83. The van der Waals surface area contributed by atoms with Crippen LogP contribution in [0.15, 0.2) is 12.7 Å². The van der Waals surface area contributed by atoms with E-state index in [0.29, 0.717) is 0 Å². The third-order valence-corrected chi connectivity index (χ3v) is 2.84. The maximum Gasteiger partial charge on any atom is 0.360 e. The first-order chi connectivity index (χ1) is 9.06. The largest absolute Gasteiger partial charge is 0.461 e. The number of ether oxygens (including phenoxy) is 1. The van der Waals surface area contributed by atoms with Gasteiger partial charge in [0, 0.05) is 7.05 Å². The Morgan fingerprint density at radius 3 is 2.84 bits per heavy atom. The maximum atomic E-state index is 11.6. The van der Waals surface area contributed by atoms with Crippen molar-refractivity contribution in [3.05, 3.63) is 24.2 Å². The Morgan fingerprint density at radius 2 is 2.26 bits per heavy atom. The molecule has 8 heteroatoms. The summed E-state index contributed by atoms with van der Waals surface area (Å²) >= 11 is 0. The van der Waals surface area contributed by atoms with Gasteiger partial charge in [0.05, 0.1) is 19.0 Å². The topological polar surface area (TPSA) is 101 Å². The minimum absolute atomic E-state index is 0.121. The van der Waals surface area contributed by atoms with Crippen molar-refractivity contribution in [2.45, 2.75) is 19.9 Å². The third-order valence-electron chi connectivity index (χ3n) is 2.84. The molecular formula is C11H16N6O2. The minimum atomic E-state index is -0.524. The number of esters is 1. The van der Waals surface area contributed by atoms with Crippen LogP contribution in [0.25, 0.3) is 0 Å². The number of imidazole rings is 1. The van der Waals surface area contributed by atoms with E-state index in [4.69, 9.17) is 10.5 Å². The van der Waals surface area contributed by atoms with E-state index in [-0.39, 0.29) is 24.2 Å². The summed E-state index contributed by atoms with van der Waals surface area (Å²) < 4.78 is 8.34. The van der Waals surface area contributed by atoms with E-state index in [1.54, 1.807) is 22.4 Å². The fourth-order valence-corrected chi connectivity index (χ4v) is 1.83. The zero-order valence-corrected chi connectivity index (χ0v) is 11.1. The fraction of sp³-hybridized carbons (Fsp3) is 0.455. The lowest BCUT2D eigenvalue weighted by Gasteiger charge is -2.13. The van der Waals surface area contributed by atoms with Crippen molar-refractivity contribution in [3.8, 4) is 0 Å². The summed E-state index contributed by atoms with van der Waals surface area (Å²) in [6, 6.07) is -0.178. The van der Waals surface area contributed by atoms with Gasteiger partial charge in [-0.2, -0.15) is 0 Å². The van der Waals surface area contributed by atoms with Crippen LogP contribution >= 0.6 is 0 Å². The minimum Gasteiger partial charge on any atom is -0.461 e. The van der Waals surface area contributed by atoms with Gasteiger partial charge in [0.15, 0.2) is 11.5 Å². The van der Waals surface area contributed by atoms with E-state index >= 15 is 0 Å². The van der Waals surface area contributed by atoms with Gasteiger partial charge in [0.1, 0.15) is 12.1 Å². The van der Waals surface area contributed by atoms with Crippen LogP contribution in [0.3, 0.4) is 0 Å². The number of carbonyl (C=O) groups excluding carboxylic acids is 1. The predicted octanol–water partition coefficient (Wildman–Crippen LogP) is 0.380. The lowest BCUT2D eigenvalue weighted by molar-refractivity contribution is 0.0521. The number of hydrogen-bond acceptors (Lipinski definition) is 6. The molecule has 1 atom stereocenters. The molecule has 0 aliphatic rings. The average Bonchev–Trinajstić information content (AvgIpc) is 2.95. The van der Waals surface area contributed by atoms with Crippen LogP contribution in [0.1, 0.15) is 36.2 Å². The van der Waals surface area contributed by atoms with Crippen LogP contribution in [0, 0.1) is 0 Å². The van der Waals surface area contributed by atoms with Crippen LogP contribution < -0.4 is 5.73 Å². The van der Waals surface area contributed by atoms with Crippen LogP contribution in [-0.2, 0) is 11.8 Å². The Bertz CT molecular complexity index is 588. The highest BCUT2D eigenvalue weighted by atomic mass is 16.5. The second-order valence-corrected chi connectivity index (χ2v) is 4.08. The molecule has 0 saturated heterocycles. The molecule has 8 nitrogen and oxygen atoms in total. The Labute approximate surface area is 110 Å². The zero-order chi connectivity index (χ0) is 14.0. The molecule has 0 aliphatic carbocycles. The molecule has 0 aromatic carbocycles. The van der Waals surface area contributed by atoms with Crippen LogP contribution in [-0.4, -0.2) is 36.9 Å². The first-order valence-corrected chi connectivity index (χ1v) is 5.89. The number of aryl methyl sites for hydroxylation is 1. The van der Waals surface area contributed by atoms with Crippen LogP contribution in [0.5, 0.6) is 0 Å². The van der Waals surface area contributed by atoms with Crippen molar-refractivity contribution in [1.29, 1.82) is 0 Å². The van der Waals surface area contributed by atoms with Crippen LogP contribution in [0.2, 0.25) is 0 Å². The van der Waals surface area contributed by atoms with E-state index in [9.17, 15) is 4.79 Å². The van der Waals surface area contributed by atoms with Crippen molar-refractivity contribution in [1.82, 2.24) is 24.3 Å². The number of hydrogen-bond donors (Lipinski definition) is 1. The molecule has 19 heavy (non-hydrogen) atoms. The molecule has 2 N–H and O–H groups in total. The number of nitrogens with two attached hydrogens (primary N) is 1. The molecule has 0 spiro atoms. The average molecular weight is 264 g/mol. The third kappa shape index (κ3) is 2.28. The number of anilines is 1. The smallest absolute Gasteiger partial charge is 0.360 e. The zero-order valence-electron chi connectivity index (χ0n) is 11.1. The first kappa shape index (κ1) is 13.1. The summed E-state index contributed by atoms with van der Waals surface area (Å²) in [4.78, 5) is 15.6. The maximum absolute atomic E-state index is 11.6. The molecule has 2 aromatic rings. The van der Waals surface area contributed by atoms with Crippen molar-refractivity contribution in [2.75, 3.05) is 12.3 Å². The van der Waals surface area contributed by atoms with E-state index in [1.165, 1.54) is 6.33 Å². The van der Waals surface area contributed by atoms with Crippen molar-refractivity contribution >= 4 is 11.8 Å². The molecule has 1 unspecified atom stereocenters. The Hall–Kier alpha value is -2.38. The van der Waals surface area contributed by atoms with E-state index < -0.39 is 5.97 Å². The van der Waals surface area contributed by atoms with Gasteiger partial charge in [-0.25, -0.2) is 9.78 Å². The summed E-state index contributed by atoms with van der Waals surface area (Å²) in [7, 11) is 1.84. The standard InChI is InChI=1S/C11H16N6O2/c1-4-19-11(18)8-9(12)17(5-13-8)7(2)10-15-14-6-16(10)3/h5-7H,4,12H2,1-3H3. The van der Waals surface area contributed by atoms with Gasteiger partial charge in [-0.15, -0.1) is 10.2 Å². The number of nitrogens with zero attached hydrogens (tertiary/aromatic N) is 5. The van der Waals surface area contributed by atoms with E-state index in [2.05, 4.69) is 15.2 Å². The molecule has 0 saturated carbocycles. The summed E-state index contributed by atoms with van der Waals surface area (Å²) in [5.41, 5.74) is 6.05. The molecule has 0 amide bonds. The SMILES string of the molecule is CCOC(=O)c1ncn(C(C)c2nncn2C)c1N. The lowest BCUT2D eigenvalue weighted by Crippen LogP contribution is -2.15. The van der Waals surface area contributed by atoms with Gasteiger partial charge in [-0.05, 0) is 13.8 Å². The van der Waals surface area contributed by atoms with Gasteiger partial charge in [-0.1, -0.05) is 0 Å². The lowest BCUT2D eigenvalue weighted by atomic mass is 10.3. The quantitative estimate of drug-likeness (QED) is 0.801. The van der Waals surface area contributed by atoms with Gasteiger partial charge in [-0.3, -0.25) is 0 Å². The van der Waals surface area contributed by atoms with Crippen molar-refractivity contribution < 1.29 is 9.53 Å². The first-order valence-electron chi connectivity index (χ1n) is 5.89. The fourth-order valence-electron chi connectivity index (χ4n) is 1.83. The highest BCUT2D eigenvalue weighted by Gasteiger charge is 2.22. The van der Waals surface area contributed by atoms with Crippen LogP contribution in [0.4, 0.5) is 5.82 Å². The highest BCUT2D eigenvalue weighted by molar-refractivity contribution is 5.92. The molecule has 102 valence electrons. The Kier molecular flexibility index (Phi) is 3.50. The van der Waals surface area contributed by atoms with E-state index in [1.807, 2.05) is 14.0 Å².